The fourth-order valence-corrected chi connectivity index (χ4v) is 11.7. The molecule has 6 heteroatoms. The van der Waals surface area contributed by atoms with Crippen molar-refractivity contribution in [1.82, 2.24) is 0 Å². The van der Waals surface area contributed by atoms with Gasteiger partial charge in [0, 0.05) is 19.3 Å². The Bertz CT molecular complexity index is 1260. The second-order valence-electron chi connectivity index (χ2n) is 25.6. The predicted octanol–water partition coefficient (Wildman–Crippen LogP) is 25.6. The summed E-state index contributed by atoms with van der Waals surface area (Å²) < 4.78 is 17.0. The number of hydrogen-bond acceptors (Lipinski definition) is 6. The molecule has 1 unspecified atom stereocenters. The third-order valence-corrected chi connectivity index (χ3v) is 17.3. The van der Waals surface area contributed by atoms with Crippen molar-refractivity contribution in [3.05, 3.63) is 12.2 Å². The van der Waals surface area contributed by atoms with Crippen LogP contribution in [-0.4, -0.2) is 37.2 Å². The van der Waals surface area contributed by atoms with E-state index in [2.05, 4.69) is 32.9 Å². The monoisotopic (exact) mass is 1140 g/mol. The number of carbonyl (C=O) groups excluding carboxylic acids is 3. The molecule has 0 rings (SSSR count). The number of unbranched alkanes of at least 4 members (excludes halogenated alkanes) is 57. The quantitative estimate of drug-likeness (QED) is 0.0261. The minimum Gasteiger partial charge on any atom is -0.462 e. The molecule has 0 aromatic heterocycles. The molecule has 0 fully saturated rings. The van der Waals surface area contributed by atoms with Crippen molar-refractivity contribution in [2.24, 2.45) is 0 Å². The van der Waals surface area contributed by atoms with Gasteiger partial charge in [-0.3, -0.25) is 14.4 Å². The van der Waals surface area contributed by atoms with E-state index in [9.17, 15) is 14.4 Å². The first-order valence-corrected chi connectivity index (χ1v) is 37.2. The summed E-state index contributed by atoms with van der Waals surface area (Å²) >= 11 is 0. The molecule has 6 nitrogen and oxygen atoms in total. The highest BCUT2D eigenvalue weighted by atomic mass is 16.6. The van der Waals surface area contributed by atoms with Crippen LogP contribution < -0.4 is 0 Å². The maximum absolute atomic E-state index is 13.0. The molecule has 0 aromatic rings. The summed E-state index contributed by atoms with van der Waals surface area (Å²) in [6.45, 7) is 6.73. The zero-order valence-corrected chi connectivity index (χ0v) is 55.4. The first kappa shape index (κ1) is 79.2. The van der Waals surface area contributed by atoms with Crippen molar-refractivity contribution < 1.29 is 28.6 Å². The molecule has 0 aromatic carbocycles. The van der Waals surface area contributed by atoms with Crippen molar-refractivity contribution >= 4 is 17.9 Å². The Hall–Kier alpha value is -1.85. The summed E-state index contributed by atoms with van der Waals surface area (Å²) in [4.78, 5) is 38.5. The first-order chi connectivity index (χ1) is 40.0. The van der Waals surface area contributed by atoms with Crippen molar-refractivity contribution in [2.75, 3.05) is 13.2 Å². The van der Waals surface area contributed by atoms with Gasteiger partial charge in [0.15, 0.2) is 6.10 Å². The summed E-state index contributed by atoms with van der Waals surface area (Å²) in [6.07, 6.45) is 85.4. The number of allylic oxidation sites excluding steroid dienone is 2. The number of esters is 3. The molecule has 1 atom stereocenters. The van der Waals surface area contributed by atoms with E-state index in [0.717, 1.165) is 64.2 Å². The van der Waals surface area contributed by atoms with Crippen LogP contribution in [0.2, 0.25) is 0 Å². The van der Waals surface area contributed by atoms with Crippen LogP contribution in [0.4, 0.5) is 0 Å². The third kappa shape index (κ3) is 68.8. The summed E-state index contributed by atoms with van der Waals surface area (Å²) in [5.74, 6) is -0.835. The van der Waals surface area contributed by atoms with Gasteiger partial charge in [-0.1, -0.05) is 380 Å². The normalized spacial score (nSPS) is 12.0. The van der Waals surface area contributed by atoms with Gasteiger partial charge < -0.3 is 14.2 Å². The maximum Gasteiger partial charge on any atom is 0.306 e. The average molecular weight is 1140 g/mol. The highest BCUT2D eigenvalue weighted by molar-refractivity contribution is 5.71. The van der Waals surface area contributed by atoms with Gasteiger partial charge in [0.2, 0.25) is 0 Å². The zero-order valence-electron chi connectivity index (χ0n) is 55.4. The number of ether oxygens (including phenoxy) is 3. The van der Waals surface area contributed by atoms with Crippen molar-refractivity contribution in [3.8, 4) is 0 Å². The van der Waals surface area contributed by atoms with Crippen LogP contribution in [-0.2, 0) is 28.6 Å². The Morgan fingerprint density at radius 2 is 0.407 bits per heavy atom. The maximum atomic E-state index is 13.0. The molecule has 0 aliphatic rings. The largest absolute Gasteiger partial charge is 0.462 e. The fourth-order valence-electron chi connectivity index (χ4n) is 11.7. The van der Waals surface area contributed by atoms with Crippen molar-refractivity contribution in [1.29, 1.82) is 0 Å². The number of rotatable bonds is 70. The van der Waals surface area contributed by atoms with E-state index in [-0.39, 0.29) is 31.1 Å². The number of hydrogen-bond donors (Lipinski definition) is 0. The average Bonchev–Trinajstić information content (AvgIpc) is 3.47. The van der Waals surface area contributed by atoms with Crippen molar-refractivity contribution in [3.63, 3.8) is 0 Å². The Kier molecular flexibility index (Phi) is 69.0. The molecule has 0 aliphatic carbocycles. The van der Waals surface area contributed by atoms with Gasteiger partial charge in [-0.15, -0.1) is 0 Å². The summed E-state index contributed by atoms with van der Waals surface area (Å²) in [7, 11) is 0. The molecule has 81 heavy (non-hydrogen) atoms. The molecular weight excluding hydrogens is 997 g/mol. The van der Waals surface area contributed by atoms with Crippen LogP contribution in [0.25, 0.3) is 0 Å². The Labute approximate surface area is 507 Å². The molecule has 0 saturated heterocycles. The predicted molar refractivity (Wildman–Crippen MR) is 353 cm³/mol. The van der Waals surface area contributed by atoms with E-state index < -0.39 is 6.10 Å². The van der Waals surface area contributed by atoms with Crippen LogP contribution in [0.1, 0.15) is 432 Å². The molecular formula is C75H144O6. The molecule has 0 amide bonds. The van der Waals surface area contributed by atoms with Gasteiger partial charge in [0.05, 0.1) is 0 Å². The molecule has 0 radical (unpaired) electrons. The van der Waals surface area contributed by atoms with Gasteiger partial charge >= 0.3 is 17.9 Å². The second-order valence-corrected chi connectivity index (χ2v) is 25.6. The fraction of sp³-hybridized carbons (Fsp3) is 0.933. The van der Waals surface area contributed by atoms with Crippen LogP contribution in [0, 0.1) is 0 Å². The SMILES string of the molecule is CCCCCCCC/C=C\CCCCCCCC(=O)OCC(COC(=O)CCCCCCCCCCCCCCCCCCCCCCCCCCC)OC(=O)CCCCCCCCCCCCCCCCCCCCCCCCC. The minimum absolute atomic E-state index is 0.0654. The zero-order chi connectivity index (χ0) is 58.5. The summed E-state index contributed by atoms with van der Waals surface area (Å²) in [6, 6.07) is 0. The Morgan fingerprint density at radius 1 is 0.235 bits per heavy atom. The molecule has 0 aliphatic heterocycles. The van der Waals surface area contributed by atoms with Crippen LogP contribution in [0.15, 0.2) is 12.2 Å². The van der Waals surface area contributed by atoms with E-state index in [1.165, 1.54) is 327 Å². The highest BCUT2D eigenvalue weighted by Crippen LogP contribution is 2.20. The smallest absolute Gasteiger partial charge is 0.306 e. The molecule has 0 heterocycles. The van der Waals surface area contributed by atoms with Crippen LogP contribution in [0.5, 0.6) is 0 Å². The topological polar surface area (TPSA) is 78.9 Å². The molecule has 0 N–H and O–H groups in total. The first-order valence-electron chi connectivity index (χ1n) is 37.2. The van der Waals surface area contributed by atoms with Crippen LogP contribution >= 0.6 is 0 Å². The molecule has 0 bridgehead atoms. The Balaban J connectivity index is 4.22. The lowest BCUT2D eigenvalue weighted by Crippen LogP contribution is -2.30. The van der Waals surface area contributed by atoms with E-state index in [1.807, 2.05) is 0 Å². The lowest BCUT2D eigenvalue weighted by atomic mass is 10.0. The van der Waals surface area contributed by atoms with Gasteiger partial charge in [0.25, 0.3) is 0 Å². The van der Waals surface area contributed by atoms with E-state index in [4.69, 9.17) is 14.2 Å². The van der Waals surface area contributed by atoms with E-state index in [0.29, 0.717) is 19.3 Å². The lowest BCUT2D eigenvalue weighted by Gasteiger charge is -2.18. The van der Waals surface area contributed by atoms with Gasteiger partial charge in [-0.05, 0) is 44.9 Å². The van der Waals surface area contributed by atoms with Crippen molar-refractivity contribution in [2.45, 2.75) is 438 Å². The van der Waals surface area contributed by atoms with Gasteiger partial charge in [-0.25, -0.2) is 0 Å². The Morgan fingerprint density at radius 3 is 0.617 bits per heavy atom. The van der Waals surface area contributed by atoms with Gasteiger partial charge in [0.1, 0.15) is 13.2 Å². The molecule has 0 spiro atoms. The van der Waals surface area contributed by atoms with Gasteiger partial charge in [-0.2, -0.15) is 0 Å². The standard InChI is InChI=1S/C75H144O6/c1-4-7-10-13-16-19-22-25-28-30-32-34-36-37-39-40-42-44-47-50-53-56-59-62-65-68-74(77)80-71-72(70-79-73(76)67-64-61-58-55-52-49-46-27-24-21-18-15-12-9-6-3)81-75(78)69-66-63-60-57-54-51-48-45-43-41-38-35-33-31-29-26-23-20-17-14-11-8-5-2/h27,46,72H,4-26,28-45,47-71H2,1-3H3/b46-27-. The second kappa shape index (κ2) is 70.6. The van der Waals surface area contributed by atoms with E-state index >= 15 is 0 Å². The van der Waals surface area contributed by atoms with Crippen LogP contribution in [0.3, 0.4) is 0 Å². The summed E-state index contributed by atoms with van der Waals surface area (Å²) in [5, 5.41) is 0. The third-order valence-electron chi connectivity index (χ3n) is 17.3. The molecule has 0 saturated carbocycles. The minimum atomic E-state index is -0.770. The summed E-state index contributed by atoms with van der Waals surface area (Å²) in [5.41, 5.74) is 0. The number of carbonyl (C=O) groups is 3. The lowest BCUT2D eigenvalue weighted by molar-refractivity contribution is -0.167. The molecule has 480 valence electrons. The highest BCUT2D eigenvalue weighted by Gasteiger charge is 2.20. The van der Waals surface area contributed by atoms with E-state index in [1.54, 1.807) is 0 Å².